The quantitative estimate of drug-likeness (QED) is 0.897. The maximum absolute atomic E-state index is 12.1. The SMILES string of the molecule is Cc1cc(C)c(CNC(=O)NCC2N(C)CCCC2(C)C)cn1. The highest BCUT2D eigenvalue weighted by Crippen LogP contribution is 2.33. The van der Waals surface area contributed by atoms with E-state index >= 15 is 0 Å². The van der Waals surface area contributed by atoms with Crippen LogP contribution in [-0.2, 0) is 6.54 Å². The number of hydrogen-bond donors (Lipinski definition) is 2. The van der Waals surface area contributed by atoms with Gasteiger partial charge in [0.15, 0.2) is 0 Å². The molecule has 1 fully saturated rings. The third-order valence-corrected chi connectivity index (χ3v) is 5.02. The second-order valence-corrected chi connectivity index (χ2v) is 7.40. The number of likely N-dealkylation sites (N-methyl/N-ethyl adjacent to an activating group) is 1. The normalized spacial score (nSPS) is 21.0. The smallest absolute Gasteiger partial charge is 0.315 e. The minimum absolute atomic E-state index is 0.111. The number of hydrogen-bond acceptors (Lipinski definition) is 3. The molecule has 1 aromatic rings. The van der Waals surface area contributed by atoms with Crippen LogP contribution in [0.5, 0.6) is 0 Å². The number of aromatic nitrogens is 1. The molecule has 2 heterocycles. The van der Waals surface area contributed by atoms with Gasteiger partial charge < -0.3 is 15.5 Å². The Kier molecular flexibility index (Phi) is 5.63. The predicted molar refractivity (Wildman–Crippen MR) is 93.4 cm³/mol. The van der Waals surface area contributed by atoms with E-state index in [1.165, 1.54) is 12.8 Å². The van der Waals surface area contributed by atoms with Crippen molar-refractivity contribution in [2.75, 3.05) is 20.1 Å². The number of urea groups is 1. The lowest BCUT2D eigenvalue weighted by molar-refractivity contribution is 0.0599. The third kappa shape index (κ3) is 4.67. The average molecular weight is 318 g/mol. The van der Waals surface area contributed by atoms with Crippen LogP contribution in [-0.4, -0.2) is 42.1 Å². The number of aryl methyl sites for hydroxylation is 2. The van der Waals surface area contributed by atoms with E-state index in [0.717, 1.165) is 23.4 Å². The Bertz CT molecular complexity index is 556. The molecule has 1 aliphatic rings. The van der Waals surface area contributed by atoms with Crippen LogP contribution in [0.15, 0.2) is 12.3 Å². The number of rotatable bonds is 4. The van der Waals surface area contributed by atoms with Crippen LogP contribution in [0.2, 0.25) is 0 Å². The first-order valence-corrected chi connectivity index (χ1v) is 8.43. The van der Waals surface area contributed by atoms with E-state index in [-0.39, 0.29) is 11.4 Å². The Morgan fingerprint density at radius 3 is 2.78 bits per heavy atom. The fourth-order valence-corrected chi connectivity index (χ4v) is 3.47. The maximum atomic E-state index is 12.1. The summed E-state index contributed by atoms with van der Waals surface area (Å²) in [5, 5.41) is 5.96. The van der Waals surface area contributed by atoms with Crippen molar-refractivity contribution in [1.29, 1.82) is 0 Å². The summed E-state index contributed by atoms with van der Waals surface area (Å²) in [4.78, 5) is 18.7. The molecular formula is C18H30N4O. The minimum Gasteiger partial charge on any atom is -0.337 e. The van der Waals surface area contributed by atoms with E-state index in [2.05, 4.69) is 41.4 Å². The first-order chi connectivity index (χ1) is 10.8. The van der Waals surface area contributed by atoms with Crippen LogP contribution < -0.4 is 10.6 Å². The van der Waals surface area contributed by atoms with Crippen molar-refractivity contribution in [3.05, 3.63) is 29.1 Å². The van der Waals surface area contributed by atoms with Gasteiger partial charge in [-0.3, -0.25) is 4.98 Å². The number of nitrogens with one attached hydrogen (secondary N) is 2. The molecule has 2 N–H and O–H groups in total. The lowest BCUT2D eigenvalue weighted by atomic mass is 9.76. The lowest BCUT2D eigenvalue weighted by Gasteiger charge is -2.45. The molecule has 0 aromatic carbocycles. The molecule has 2 rings (SSSR count). The van der Waals surface area contributed by atoms with Crippen molar-refractivity contribution < 1.29 is 4.79 Å². The van der Waals surface area contributed by atoms with Gasteiger partial charge in [0, 0.05) is 31.0 Å². The van der Waals surface area contributed by atoms with Crippen molar-refractivity contribution >= 4 is 6.03 Å². The minimum atomic E-state index is -0.111. The number of likely N-dealkylation sites (tertiary alicyclic amines) is 1. The third-order valence-electron chi connectivity index (χ3n) is 5.02. The molecule has 0 aliphatic carbocycles. The van der Waals surface area contributed by atoms with Crippen LogP contribution in [0.25, 0.3) is 0 Å². The molecule has 0 saturated carbocycles. The molecule has 5 heteroatoms. The Morgan fingerprint density at radius 1 is 1.39 bits per heavy atom. The molecular weight excluding hydrogens is 288 g/mol. The first kappa shape index (κ1) is 17.7. The fraction of sp³-hybridized carbons (Fsp3) is 0.667. The van der Waals surface area contributed by atoms with Gasteiger partial charge in [0.1, 0.15) is 0 Å². The number of carbonyl (C=O) groups excluding carboxylic acids is 1. The highest BCUT2D eigenvalue weighted by molar-refractivity contribution is 5.73. The highest BCUT2D eigenvalue weighted by atomic mass is 16.2. The van der Waals surface area contributed by atoms with E-state index in [9.17, 15) is 4.79 Å². The zero-order valence-corrected chi connectivity index (χ0v) is 15.1. The summed E-state index contributed by atoms with van der Waals surface area (Å²) >= 11 is 0. The lowest BCUT2D eigenvalue weighted by Crippen LogP contribution is -2.54. The molecule has 5 nitrogen and oxygen atoms in total. The second kappa shape index (κ2) is 7.30. The van der Waals surface area contributed by atoms with Crippen molar-refractivity contribution in [2.24, 2.45) is 5.41 Å². The van der Waals surface area contributed by atoms with Crippen LogP contribution in [0, 0.1) is 19.3 Å². The zero-order valence-electron chi connectivity index (χ0n) is 15.1. The second-order valence-electron chi connectivity index (χ2n) is 7.40. The molecule has 1 aliphatic heterocycles. The van der Waals surface area contributed by atoms with Gasteiger partial charge in [-0.1, -0.05) is 13.8 Å². The van der Waals surface area contributed by atoms with E-state index in [4.69, 9.17) is 0 Å². The Morgan fingerprint density at radius 2 is 2.13 bits per heavy atom. The zero-order chi connectivity index (χ0) is 17.0. The summed E-state index contributed by atoms with van der Waals surface area (Å²) in [6.07, 6.45) is 4.27. The van der Waals surface area contributed by atoms with Gasteiger partial charge in [-0.2, -0.15) is 0 Å². The van der Waals surface area contributed by atoms with Crippen LogP contribution in [0.4, 0.5) is 4.79 Å². The summed E-state index contributed by atoms with van der Waals surface area (Å²) in [6.45, 7) is 10.9. The summed E-state index contributed by atoms with van der Waals surface area (Å²) in [5.74, 6) is 0. The van der Waals surface area contributed by atoms with Crippen molar-refractivity contribution in [3.8, 4) is 0 Å². The van der Waals surface area contributed by atoms with Gasteiger partial charge in [-0.15, -0.1) is 0 Å². The van der Waals surface area contributed by atoms with Gasteiger partial charge in [-0.05, 0) is 62.9 Å². The van der Waals surface area contributed by atoms with Crippen molar-refractivity contribution in [1.82, 2.24) is 20.5 Å². The summed E-state index contributed by atoms with van der Waals surface area (Å²) < 4.78 is 0. The molecule has 128 valence electrons. The summed E-state index contributed by atoms with van der Waals surface area (Å²) in [7, 11) is 2.15. The van der Waals surface area contributed by atoms with Crippen molar-refractivity contribution in [2.45, 2.75) is 53.1 Å². The van der Waals surface area contributed by atoms with E-state index in [0.29, 0.717) is 19.1 Å². The van der Waals surface area contributed by atoms with Gasteiger partial charge >= 0.3 is 6.03 Å². The number of carbonyl (C=O) groups is 1. The molecule has 0 bridgehead atoms. The number of piperidine rings is 1. The Balaban J connectivity index is 1.83. The van der Waals surface area contributed by atoms with Gasteiger partial charge in [0.2, 0.25) is 0 Å². The number of pyridine rings is 1. The van der Waals surface area contributed by atoms with Gasteiger partial charge in [0.05, 0.1) is 0 Å². The molecule has 1 unspecified atom stereocenters. The molecule has 1 saturated heterocycles. The van der Waals surface area contributed by atoms with Gasteiger partial charge in [-0.25, -0.2) is 4.79 Å². The monoisotopic (exact) mass is 318 g/mol. The molecule has 1 aromatic heterocycles. The molecule has 0 spiro atoms. The Labute approximate surface area is 139 Å². The molecule has 2 amide bonds. The Hall–Kier alpha value is -1.62. The van der Waals surface area contributed by atoms with E-state index < -0.39 is 0 Å². The number of nitrogens with zero attached hydrogens (tertiary/aromatic N) is 2. The highest BCUT2D eigenvalue weighted by Gasteiger charge is 2.35. The maximum Gasteiger partial charge on any atom is 0.315 e. The van der Waals surface area contributed by atoms with E-state index in [1.807, 2.05) is 26.1 Å². The van der Waals surface area contributed by atoms with Crippen molar-refractivity contribution in [3.63, 3.8) is 0 Å². The van der Waals surface area contributed by atoms with Crippen LogP contribution >= 0.6 is 0 Å². The topological polar surface area (TPSA) is 57.3 Å². The molecule has 23 heavy (non-hydrogen) atoms. The fourth-order valence-electron chi connectivity index (χ4n) is 3.47. The average Bonchev–Trinajstić information content (AvgIpc) is 2.45. The van der Waals surface area contributed by atoms with E-state index in [1.54, 1.807) is 0 Å². The molecule has 1 atom stereocenters. The summed E-state index contributed by atoms with van der Waals surface area (Å²) in [6, 6.07) is 2.30. The van der Waals surface area contributed by atoms with Crippen LogP contribution in [0.1, 0.15) is 43.5 Å². The standard InChI is InChI=1S/C18H30N4O/c1-13-9-14(2)19-10-15(13)11-20-17(23)21-12-16-18(3,4)7-6-8-22(16)5/h9-10,16H,6-8,11-12H2,1-5H3,(H2,20,21,23). The number of amides is 2. The van der Waals surface area contributed by atoms with Gasteiger partial charge in [0.25, 0.3) is 0 Å². The first-order valence-electron chi connectivity index (χ1n) is 8.43. The predicted octanol–water partition coefficient (Wildman–Crippen LogP) is 2.62. The van der Waals surface area contributed by atoms with Crippen LogP contribution in [0.3, 0.4) is 0 Å². The summed E-state index contributed by atoms with van der Waals surface area (Å²) in [5.41, 5.74) is 3.45. The molecule has 0 radical (unpaired) electrons. The largest absolute Gasteiger partial charge is 0.337 e.